The molecule has 0 saturated carbocycles. The van der Waals surface area contributed by atoms with Crippen molar-refractivity contribution in [3.05, 3.63) is 58.3 Å². The summed E-state index contributed by atoms with van der Waals surface area (Å²) in [7, 11) is 0. The highest BCUT2D eigenvalue weighted by atomic mass is 15.0. The van der Waals surface area contributed by atoms with Crippen LogP contribution in [0.1, 0.15) is 27.8 Å². The number of nitrogens with zero attached hydrogens (tertiary/aromatic N) is 2. The van der Waals surface area contributed by atoms with Gasteiger partial charge in [0, 0.05) is 12.7 Å². The predicted octanol–water partition coefficient (Wildman–Crippen LogP) is 3.49. The van der Waals surface area contributed by atoms with Gasteiger partial charge in [-0.05, 0) is 49.6 Å². The maximum atomic E-state index is 8.72. The first-order chi connectivity index (χ1) is 9.10. The highest BCUT2D eigenvalue weighted by molar-refractivity contribution is 5.43. The molecule has 0 spiro atoms. The first kappa shape index (κ1) is 13.1. The Labute approximate surface area is 113 Å². The van der Waals surface area contributed by atoms with Crippen molar-refractivity contribution < 1.29 is 0 Å². The molecule has 1 heterocycles. The average Bonchev–Trinajstić information content (AvgIpc) is 2.38. The van der Waals surface area contributed by atoms with Crippen LogP contribution in [-0.4, -0.2) is 4.98 Å². The third kappa shape index (κ3) is 3.11. The van der Waals surface area contributed by atoms with E-state index in [2.05, 4.69) is 49.3 Å². The van der Waals surface area contributed by atoms with E-state index >= 15 is 0 Å². The molecule has 2 rings (SSSR count). The van der Waals surface area contributed by atoms with E-state index in [0.717, 1.165) is 12.4 Å². The van der Waals surface area contributed by atoms with Crippen molar-refractivity contribution in [1.29, 1.82) is 5.26 Å². The van der Waals surface area contributed by atoms with Crippen molar-refractivity contribution in [2.24, 2.45) is 0 Å². The van der Waals surface area contributed by atoms with Gasteiger partial charge in [-0.3, -0.25) is 0 Å². The first-order valence-corrected chi connectivity index (χ1v) is 6.27. The molecule has 0 aliphatic heterocycles. The Kier molecular flexibility index (Phi) is 3.82. The number of hydrogen-bond acceptors (Lipinski definition) is 3. The minimum atomic E-state index is 0.577. The van der Waals surface area contributed by atoms with Gasteiger partial charge in [0.25, 0.3) is 0 Å². The van der Waals surface area contributed by atoms with Crippen LogP contribution in [0.15, 0.2) is 30.5 Å². The zero-order valence-corrected chi connectivity index (χ0v) is 11.5. The Morgan fingerprint density at radius 3 is 2.37 bits per heavy atom. The molecule has 0 fully saturated rings. The quantitative estimate of drug-likeness (QED) is 0.908. The predicted molar refractivity (Wildman–Crippen MR) is 76.9 cm³/mol. The smallest absolute Gasteiger partial charge is 0.126 e. The second-order valence-corrected chi connectivity index (χ2v) is 4.77. The van der Waals surface area contributed by atoms with E-state index in [4.69, 9.17) is 5.26 Å². The summed E-state index contributed by atoms with van der Waals surface area (Å²) in [5, 5.41) is 12.0. The Hall–Kier alpha value is -2.34. The summed E-state index contributed by atoms with van der Waals surface area (Å²) in [5.74, 6) is 0.790. The number of aromatic nitrogens is 1. The Morgan fingerprint density at radius 2 is 1.84 bits per heavy atom. The van der Waals surface area contributed by atoms with Gasteiger partial charge in [0.05, 0.1) is 5.56 Å². The molecule has 0 aliphatic carbocycles. The van der Waals surface area contributed by atoms with Crippen molar-refractivity contribution in [3.8, 4) is 6.07 Å². The number of nitriles is 1. The summed E-state index contributed by atoms with van der Waals surface area (Å²) in [4.78, 5) is 4.21. The number of anilines is 1. The topological polar surface area (TPSA) is 48.7 Å². The number of rotatable bonds is 3. The monoisotopic (exact) mass is 251 g/mol. The summed E-state index contributed by atoms with van der Waals surface area (Å²) in [6, 6.07) is 10.0. The van der Waals surface area contributed by atoms with E-state index in [1.54, 1.807) is 12.3 Å². The minimum Gasteiger partial charge on any atom is -0.366 e. The van der Waals surface area contributed by atoms with Crippen molar-refractivity contribution in [1.82, 2.24) is 4.98 Å². The van der Waals surface area contributed by atoms with E-state index in [0.29, 0.717) is 5.56 Å². The van der Waals surface area contributed by atoms with Crippen LogP contribution >= 0.6 is 0 Å². The molecule has 1 N–H and O–H groups in total. The average molecular weight is 251 g/mol. The molecule has 3 nitrogen and oxygen atoms in total. The molecule has 3 heteroatoms. The fourth-order valence-corrected chi connectivity index (χ4v) is 2.23. The second-order valence-electron chi connectivity index (χ2n) is 4.77. The molecule has 1 aromatic carbocycles. The summed E-state index contributed by atoms with van der Waals surface area (Å²) in [6.07, 6.45) is 1.58. The second kappa shape index (κ2) is 5.53. The molecule has 96 valence electrons. The number of aryl methyl sites for hydroxylation is 3. The lowest BCUT2D eigenvalue weighted by atomic mass is 10.00. The maximum absolute atomic E-state index is 8.72. The van der Waals surface area contributed by atoms with Gasteiger partial charge in [0.1, 0.15) is 11.9 Å². The zero-order valence-electron chi connectivity index (χ0n) is 11.5. The number of nitrogens with one attached hydrogen (secondary N) is 1. The molecule has 0 atom stereocenters. The van der Waals surface area contributed by atoms with Crippen LogP contribution in [0.5, 0.6) is 0 Å². The van der Waals surface area contributed by atoms with Gasteiger partial charge < -0.3 is 5.32 Å². The van der Waals surface area contributed by atoms with Crippen molar-refractivity contribution >= 4 is 5.82 Å². The fraction of sp³-hybridized carbons (Fsp3) is 0.250. The number of pyridine rings is 1. The van der Waals surface area contributed by atoms with Crippen LogP contribution in [-0.2, 0) is 6.54 Å². The van der Waals surface area contributed by atoms with Crippen LogP contribution in [0.4, 0.5) is 5.82 Å². The van der Waals surface area contributed by atoms with Gasteiger partial charge in [-0.1, -0.05) is 17.7 Å². The van der Waals surface area contributed by atoms with E-state index < -0.39 is 0 Å². The lowest BCUT2D eigenvalue weighted by Crippen LogP contribution is -2.05. The number of benzene rings is 1. The first-order valence-electron chi connectivity index (χ1n) is 6.27. The SMILES string of the molecule is Cc1cc(C)c(CNc2ccc(C#N)cn2)c(C)c1. The van der Waals surface area contributed by atoms with Gasteiger partial charge in [-0.25, -0.2) is 4.98 Å². The molecular formula is C16H17N3. The van der Waals surface area contributed by atoms with Crippen LogP contribution in [0.2, 0.25) is 0 Å². The van der Waals surface area contributed by atoms with E-state index in [9.17, 15) is 0 Å². The highest BCUT2D eigenvalue weighted by Crippen LogP contribution is 2.17. The van der Waals surface area contributed by atoms with Crippen LogP contribution in [0, 0.1) is 32.1 Å². The molecule has 0 bridgehead atoms. The van der Waals surface area contributed by atoms with Gasteiger partial charge >= 0.3 is 0 Å². The minimum absolute atomic E-state index is 0.577. The fourth-order valence-electron chi connectivity index (χ4n) is 2.23. The van der Waals surface area contributed by atoms with Crippen molar-refractivity contribution in [2.75, 3.05) is 5.32 Å². The van der Waals surface area contributed by atoms with Crippen molar-refractivity contribution in [2.45, 2.75) is 27.3 Å². The number of hydrogen-bond donors (Lipinski definition) is 1. The van der Waals surface area contributed by atoms with Crippen LogP contribution in [0.3, 0.4) is 0 Å². The van der Waals surface area contributed by atoms with Gasteiger partial charge in [-0.2, -0.15) is 5.26 Å². The van der Waals surface area contributed by atoms with Crippen molar-refractivity contribution in [3.63, 3.8) is 0 Å². The third-order valence-electron chi connectivity index (χ3n) is 3.18. The Bertz CT molecular complexity index is 598. The summed E-state index contributed by atoms with van der Waals surface area (Å²) in [5.41, 5.74) is 5.75. The normalized spacial score (nSPS) is 10.0. The largest absolute Gasteiger partial charge is 0.366 e. The van der Waals surface area contributed by atoms with Gasteiger partial charge in [0.2, 0.25) is 0 Å². The van der Waals surface area contributed by atoms with Gasteiger partial charge in [-0.15, -0.1) is 0 Å². The summed E-state index contributed by atoms with van der Waals surface area (Å²) >= 11 is 0. The van der Waals surface area contributed by atoms with Gasteiger partial charge in [0.15, 0.2) is 0 Å². The maximum Gasteiger partial charge on any atom is 0.126 e. The molecule has 0 radical (unpaired) electrons. The molecule has 0 aliphatic rings. The summed E-state index contributed by atoms with van der Waals surface area (Å²) in [6.45, 7) is 7.11. The van der Waals surface area contributed by atoms with Crippen LogP contribution < -0.4 is 5.32 Å². The lowest BCUT2D eigenvalue weighted by Gasteiger charge is -2.12. The molecule has 0 amide bonds. The summed E-state index contributed by atoms with van der Waals surface area (Å²) < 4.78 is 0. The molecular weight excluding hydrogens is 234 g/mol. The van der Waals surface area contributed by atoms with Crippen LogP contribution in [0.25, 0.3) is 0 Å². The highest BCUT2D eigenvalue weighted by Gasteiger charge is 2.04. The molecule has 1 aromatic heterocycles. The molecule has 19 heavy (non-hydrogen) atoms. The molecule has 2 aromatic rings. The molecule has 0 unspecified atom stereocenters. The lowest BCUT2D eigenvalue weighted by molar-refractivity contribution is 1.06. The molecule has 0 saturated heterocycles. The Balaban J connectivity index is 2.12. The Morgan fingerprint density at radius 1 is 1.16 bits per heavy atom. The third-order valence-corrected chi connectivity index (χ3v) is 3.18. The van der Waals surface area contributed by atoms with E-state index in [-0.39, 0.29) is 0 Å². The van der Waals surface area contributed by atoms with E-state index in [1.165, 1.54) is 22.3 Å². The van der Waals surface area contributed by atoms with E-state index in [1.807, 2.05) is 6.07 Å². The standard InChI is InChI=1S/C16H17N3/c1-11-6-12(2)15(13(3)7-11)10-19-16-5-4-14(8-17)9-18-16/h4-7,9H,10H2,1-3H3,(H,18,19). The zero-order chi connectivity index (χ0) is 13.8.